The Morgan fingerprint density at radius 2 is 0.785 bits per heavy atom. The molecule has 0 aliphatic heterocycles. The number of nitrogens with two attached hydrogens (primary N) is 2. The van der Waals surface area contributed by atoms with E-state index < -0.39 is 40.8 Å². The maximum Gasteiger partial charge on any atom is 0.402 e. The van der Waals surface area contributed by atoms with Crippen LogP contribution in [0.4, 0.5) is 49.1 Å². The van der Waals surface area contributed by atoms with Crippen LogP contribution in [0.15, 0.2) is 170 Å². The highest BCUT2D eigenvalue weighted by Crippen LogP contribution is 2.57. The molecule has 79 heavy (non-hydrogen) atoms. The van der Waals surface area contributed by atoms with Gasteiger partial charge in [0.05, 0.1) is 28.2 Å². The number of ether oxygens (including phenoxy) is 2. The molecule has 1 aliphatic rings. The van der Waals surface area contributed by atoms with E-state index in [4.69, 9.17) is 20.9 Å². The first-order valence-corrected chi connectivity index (χ1v) is 24.9. The summed E-state index contributed by atoms with van der Waals surface area (Å²) in [5, 5.41) is 68.7. The number of alkyl halides is 6. The Labute approximate surface area is 450 Å². The van der Waals surface area contributed by atoms with Gasteiger partial charge in [-0.2, -0.15) is 26.3 Å². The number of rotatable bonds is 18. The number of hydrogen-bond acceptors (Lipinski definition) is 12. The molecule has 12 nitrogen and oxygen atoms in total. The minimum Gasteiger partial charge on any atom is -0.506 e. The van der Waals surface area contributed by atoms with Gasteiger partial charge in [-0.05, 0) is 142 Å². The maximum atomic E-state index is 14.8. The highest BCUT2D eigenvalue weighted by atomic mass is 19.4. The molecule has 0 bridgehead atoms. The Balaban J connectivity index is 0.886. The minimum absolute atomic E-state index is 0.0586. The number of nitrogens with one attached hydrogen (secondary N) is 2. The summed E-state index contributed by atoms with van der Waals surface area (Å²) in [6.07, 6.45) is -12.0. The lowest BCUT2D eigenvalue weighted by Gasteiger charge is -2.34. The van der Waals surface area contributed by atoms with E-state index in [9.17, 15) is 57.0 Å². The van der Waals surface area contributed by atoms with Crippen molar-refractivity contribution < 1.29 is 66.5 Å². The predicted molar refractivity (Wildman–Crippen MR) is 290 cm³/mol. The summed E-state index contributed by atoms with van der Waals surface area (Å²) < 4.78 is 101. The normalized spacial score (nSPS) is 15.2. The number of phenols is 4. The van der Waals surface area contributed by atoms with Crippen molar-refractivity contribution in [1.82, 2.24) is 0 Å². The van der Waals surface area contributed by atoms with Gasteiger partial charge in [0.25, 0.3) is 0 Å². The Morgan fingerprint density at radius 3 is 1.13 bits per heavy atom. The number of anilines is 4. The number of fused-ring (bicyclic) bond motifs is 3. The summed E-state index contributed by atoms with van der Waals surface area (Å²) in [6.45, 7) is 1.09. The number of hydrogen-bond donors (Lipinski definition) is 10. The zero-order valence-electron chi connectivity index (χ0n) is 42.6. The van der Waals surface area contributed by atoms with Crippen LogP contribution in [0.25, 0.3) is 11.1 Å². The second kappa shape index (κ2) is 21.2. The number of aliphatic hydroxyl groups is 2. The van der Waals surface area contributed by atoms with Crippen LogP contribution in [-0.4, -0.2) is 81.5 Å². The van der Waals surface area contributed by atoms with E-state index >= 15 is 0 Å². The molecular weight excluding hydrogens is 1030 g/mol. The third-order valence-electron chi connectivity index (χ3n) is 15.0. The molecule has 410 valence electrons. The highest BCUT2D eigenvalue weighted by Gasteiger charge is 2.55. The summed E-state index contributed by atoms with van der Waals surface area (Å²) in [5.41, 5.74) is 9.86. The molecule has 0 radical (unpaired) electrons. The van der Waals surface area contributed by atoms with Crippen molar-refractivity contribution in [1.29, 1.82) is 0 Å². The van der Waals surface area contributed by atoms with Crippen molar-refractivity contribution >= 4 is 22.7 Å². The van der Waals surface area contributed by atoms with E-state index in [1.807, 2.05) is 48.5 Å². The molecule has 0 heterocycles. The average molecular weight is 1090 g/mol. The van der Waals surface area contributed by atoms with Gasteiger partial charge >= 0.3 is 12.4 Å². The minimum atomic E-state index is -4.81. The molecule has 0 spiro atoms. The van der Waals surface area contributed by atoms with E-state index in [1.165, 1.54) is 0 Å². The Morgan fingerprint density at radius 1 is 0.456 bits per heavy atom. The number of benzene rings is 8. The molecule has 9 rings (SSSR count). The van der Waals surface area contributed by atoms with Crippen LogP contribution in [-0.2, 0) is 16.2 Å². The lowest BCUT2D eigenvalue weighted by Crippen LogP contribution is -2.40. The molecule has 8 aromatic rings. The summed E-state index contributed by atoms with van der Waals surface area (Å²) >= 11 is 0. The van der Waals surface area contributed by atoms with Gasteiger partial charge in [0, 0.05) is 13.1 Å². The number of aromatic hydroxyl groups is 4. The van der Waals surface area contributed by atoms with E-state index in [0.717, 1.165) is 120 Å². The molecule has 0 amide bonds. The van der Waals surface area contributed by atoms with Crippen LogP contribution < -0.4 is 31.6 Å². The fourth-order valence-corrected chi connectivity index (χ4v) is 10.3. The summed E-state index contributed by atoms with van der Waals surface area (Å²) in [7, 11) is 0. The van der Waals surface area contributed by atoms with Gasteiger partial charge in [-0.3, -0.25) is 0 Å². The molecule has 0 aromatic heterocycles. The van der Waals surface area contributed by atoms with Crippen LogP contribution in [0.1, 0.15) is 58.4 Å². The van der Waals surface area contributed by atoms with Gasteiger partial charge in [0.1, 0.15) is 70.7 Å². The van der Waals surface area contributed by atoms with E-state index in [0.29, 0.717) is 11.5 Å². The summed E-state index contributed by atoms with van der Waals surface area (Å²) in [6, 6.07) is 44.3. The first-order valence-electron chi connectivity index (χ1n) is 24.9. The summed E-state index contributed by atoms with van der Waals surface area (Å²) in [4.78, 5) is 0. The highest BCUT2D eigenvalue weighted by molar-refractivity contribution is 5.86. The maximum absolute atomic E-state index is 14.8. The number of nitrogen functional groups attached to an aromatic ring is 2. The quantitative estimate of drug-likeness (QED) is 0.0221. The SMILES string of the molecule is CC(c1ccc(O)c(N)c1)(c1ccc(O)c(NCC(O)COc2ccc(C3(c4ccc(OCC(O)CNc5cc(C(C)(c6ccc(O)c(N)c6)C(F)(F)F)ccc5O)cc4)c4ccccc4-c4ccccc43)cc2)c1)C(F)(F)F. The van der Waals surface area contributed by atoms with Gasteiger partial charge in [0.15, 0.2) is 0 Å². The van der Waals surface area contributed by atoms with Gasteiger partial charge in [-0.25, -0.2) is 0 Å². The van der Waals surface area contributed by atoms with Gasteiger partial charge in [-0.1, -0.05) is 97.1 Å². The Bertz CT molecular complexity index is 3280. The average Bonchev–Trinajstić information content (AvgIpc) is 2.86. The van der Waals surface area contributed by atoms with Gasteiger partial charge < -0.3 is 62.2 Å². The summed E-state index contributed by atoms with van der Waals surface area (Å²) in [5.74, 6) is -0.593. The van der Waals surface area contributed by atoms with Gasteiger partial charge in [0.2, 0.25) is 0 Å². The monoisotopic (exact) mass is 1090 g/mol. The first-order chi connectivity index (χ1) is 37.5. The fourth-order valence-electron chi connectivity index (χ4n) is 10.3. The topological polar surface area (TPSA) is 216 Å². The molecule has 12 N–H and O–H groups in total. The second-order valence-electron chi connectivity index (χ2n) is 19.8. The smallest absolute Gasteiger partial charge is 0.402 e. The standard InChI is InChI=1S/C61H56F6N4O8/c1-57(60(62,63)64,37-15-23-53(74)49(68)27-37)39-17-25-55(76)51(29-39)70-31-41(72)33-78-43-19-11-35(12-20-43)59(47-9-5-3-7-45(47)46-8-4-6-10-48(46)59)36-13-21-44(22-14-36)79-34-42(73)32-71-52-30-40(18-26-56(52)77)58(2,61(65,66)67)38-16-24-54(75)50(69)28-38/h3-30,41-42,70-77H,31-34,68-69H2,1-2H3. The van der Waals surface area contributed by atoms with Crippen molar-refractivity contribution in [2.75, 3.05) is 48.4 Å². The van der Waals surface area contributed by atoms with Gasteiger partial charge in [-0.15, -0.1) is 0 Å². The lowest BCUT2D eigenvalue weighted by molar-refractivity contribution is -0.173. The van der Waals surface area contributed by atoms with Crippen molar-refractivity contribution in [3.05, 3.63) is 214 Å². The van der Waals surface area contributed by atoms with Crippen molar-refractivity contribution in [2.24, 2.45) is 0 Å². The molecule has 0 saturated heterocycles. The molecule has 4 atom stereocenters. The van der Waals surface area contributed by atoms with Crippen LogP contribution in [0.3, 0.4) is 0 Å². The molecule has 8 aromatic carbocycles. The molecule has 1 aliphatic carbocycles. The largest absolute Gasteiger partial charge is 0.506 e. The fraction of sp³-hybridized carbons (Fsp3) is 0.213. The Hall–Kier alpha value is -8.74. The van der Waals surface area contributed by atoms with Crippen LogP contribution in [0, 0.1) is 0 Å². The van der Waals surface area contributed by atoms with E-state index in [2.05, 4.69) is 34.9 Å². The van der Waals surface area contributed by atoms with E-state index in [-0.39, 0.29) is 94.3 Å². The molecule has 4 unspecified atom stereocenters. The van der Waals surface area contributed by atoms with Crippen molar-refractivity contribution in [3.63, 3.8) is 0 Å². The van der Waals surface area contributed by atoms with Crippen LogP contribution in [0.2, 0.25) is 0 Å². The zero-order valence-corrected chi connectivity index (χ0v) is 42.6. The third-order valence-corrected chi connectivity index (χ3v) is 15.0. The third kappa shape index (κ3) is 10.2. The van der Waals surface area contributed by atoms with E-state index in [1.54, 1.807) is 24.3 Å². The second-order valence-corrected chi connectivity index (χ2v) is 19.8. The molecule has 0 fully saturated rings. The number of phenolic OH excluding ortho intramolecular Hbond substituents is 4. The Kier molecular flexibility index (Phi) is 14.8. The predicted octanol–water partition coefficient (Wildman–Crippen LogP) is 11.5. The lowest BCUT2D eigenvalue weighted by atomic mass is 9.68. The number of halogens is 6. The van der Waals surface area contributed by atoms with Crippen LogP contribution >= 0.6 is 0 Å². The van der Waals surface area contributed by atoms with Crippen molar-refractivity contribution in [3.8, 4) is 45.6 Å². The van der Waals surface area contributed by atoms with Crippen LogP contribution in [0.5, 0.6) is 34.5 Å². The molecule has 0 saturated carbocycles. The molecule has 18 heteroatoms. The first kappa shape index (κ1) is 55.0. The van der Waals surface area contributed by atoms with Crippen molar-refractivity contribution in [2.45, 2.75) is 54.7 Å². The number of aliphatic hydroxyl groups excluding tert-OH is 2. The molecular formula is C61H56F6N4O8. The zero-order chi connectivity index (χ0) is 56.7.